The van der Waals surface area contributed by atoms with E-state index >= 15 is 0 Å². The molecule has 2 aliphatic rings. The third kappa shape index (κ3) is 2.42. The molecule has 0 saturated heterocycles. The van der Waals surface area contributed by atoms with Crippen molar-refractivity contribution in [3.8, 4) is 0 Å². The van der Waals surface area contributed by atoms with Crippen LogP contribution in [0.1, 0.15) is 50.7 Å². The Kier molecular flexibility index (Phi) is 2.85. The van der Waals surface area contributed by atoms with E-state index in [1.54, 1.807) is 0 Å². The molecule has 3 amide bonds. The standard InChI is InChI=1S/C16H20N2O2/c1-16(2,3)17-15(20)18-13-7-6-11(10-4-5-10)8-12(13)9-14(18)19/h6-8,10H,4-5,9H2,1-3H3,(H,17,20). The predicted molar refractivity (Wildman–Crippen MR) is 77.9 cm³/mol. The average Bonchev–Trinajstić information content (AvgIpc) is 3.08. The van der Waals surface area contributed by atoms with Crippen LogP contribution in [-0.2, 0) is 11.2 Å². The van der Waals surface area contributed by atoms with Crippen molar-refractivity contribution in [1.82, 2.24) is 5.32 Å². The smallest absolute Gasteiger partial charge is 0.329 e. The topological polar surface area (TPSA) is 49.4 Å². The Balaban J connectivity index is 1.88. The van der Waals surface area contributed by atoms with Gasteiger partial charge in [-0.15, -0.1) is 0 Å². The van der Waals surface area contributed by atoms with E-state index in [4.69, 9.17) is 0 Å². The fourth-order valence-electron chi connectivity index (χ4n) is 2.61. The summed E-state index contributed by atoms with van der Waals surface area (Å²) >= 11 is 0. The van der Waals surface area contributed by atoms with Crippen LogP contribution in [0.5, 0.6) is 0 Å². The van der Waals surface area contributed by atoms with E-state index in [9.17, 15) is 9.59 Å². The van der Waals surface area contributed by atoms with Crippen LogP contribution in [0.3, 0.4) is 0 Å². The van der Waals surface area contributed by atoms with Crippen molar-refractivity contribution in [3.05, 3.63) is 29.3 Å². The number of urea groups is 1. The summed E-state index contributed by atoms with van der Waals surface area (Å²) in [6.07, 6.45) is 2.80. The van der Waals surface area contributed by atoms with E-state index in [1.807, 2.05) is 32.9 Å². The minimum atomic E-state index is -0.353. The third-order valence-corrected chi connectivity index (χ3v) is 3.67. The van der Waals surface area contributed by atoms with E-state index in [0.29, 0.717) is 12.3 Å². The van der Waals surface area contributed by atoms with Crippen molar-refractivity contribution in [3.63, 3.8) is 0 Å². The quantitative estimate of drug-likeness (QED) is 0.854. The first-order chi connectivity index (χ1) is 9.35. The zero-order valence-electron chi connectivity index (χ0n) is 12.2. The second kappa shape index (κ2) is 4.33. The fourth-order valence-corrected chi connectivity index (χ4v) is 2.61. The molecule has 1 N–H and O–H groups in total. The number of hydrogen-bond acceptors (Lipinski definition) is 2. The number of imide groups is 1. The van der Waals surface area contributed by atoms with Gasteiger partial charge in [-0.05, 0) is 56.7 Å². The van der Waals surface area contributed by atoms with Crippen molar-refractivity contribution in [2.75, 3.05) is 4.90 Å². The first kappa shape index (κ1) is 13.2. The molecule has 1 aliphatic carbocycles. The summed E-state index contributed by atoms with van der Waals surface area (Å²) in [4.78, 5) is 25.7. The Hall–Kier alpha value is -1.84. The number of anilines is 1. The summed E-state index contributed by atoms with van der Waals surface area (Å²) < 4.78 is 0. The fraction of sp³-hybridized carbons (Fsp3) is 0.500. The number of nitrogens with zero attached hydrogens (tertiary/aromatic N) is 1. The minimum absolute atomic E-state index is 0.144. The molecule has 1 aromatic rings. The molecular weight excluding hydrogens is 252 g/mol. The van der Waals surface area contributed by atoms with Gasteiger partial charge in [-0.3, -0.25) is 4.79 Å². The van der Waals surface area contributed by atoms with Crippen LogP contribution in [0.4, 0.5) is 10.5 Å². The van der Waals surface area contributed by atoms with Gasteiger partial charge >= 0.3 is 6.03 Å². The van der Waals surface area contributed by atoms with E-state index < -0.39 is 0 Å². The maximum absolute atomic E-state index is 12.3. The average molecular weight is 272 g/mol. The number of amides is 3. The largest absolute Gasteiger partial charge is 0.333 e. The molecule has 1 aliphatic heterocycles. The van der Waals surface area contributed by atoms with Gasteiger partial charge < -0.3 is 5.32 Å². The van der Waals surface area contributed by atoms with Crippen molar-refractivity contribution >= 4 is 17.6 Å². The van der Waals surface area contributed by atoms with Gasteiger partial charge in [-0.1, -0.05) is 12.1 Å². The van der Waals surface area contributed by atoms with Crippen LogP contribution in [0, 0.1) is 0 Å². The van der Waals surface area contributed by atoms with Crippen molar-refractivity contribution in [2.45, 2.75) is 51.5 Å². The predicted octanol–water partition coefficient (Wildman–Crippen LogP) is 2.96. The highest BCUT2D eigenvalue weighted by Crippen LogP contribution is 2.42. The van der Waals surface area contributed by atoms with Crippen LogP contribution in [0.2, 0.25) is 0 Å². The summed E-state index contributed by atoms with van der Waals surface area (Å²) in [5, 5.41) is 2.85. The maximum atomic E-state index is 12.3. The van der Waals surface area contributed by atoms with Crippen molar-refractivity contribution < 1.29 is 9.59 Å². The Labute approximate surface area is 119 Å². The van der Waals surface area contributed by atoms with Gasteiger partial charge in [0.15, 0.2) is 0 Å². The number of rotatable bonds is 1. The van der Waals surface area contributed by atoms with Crippen LogP contribution in [-0.4, -0.2) is 17.5 Å². The van der Waals surface area contributed by atoms with Crippen molar-refractivity contribution in [1.29, 1.82) is 0 Å². The normalized spacial score (nSPS) is 18.1. The molecule has 1 saturated carbocycles. The van der Waals surface area contributed by atoms with Gasteiger partial charge in [0.05, 0.1) is 12.1 Å². The highest BCUT2D eigenvalue weighted by molar-refractivity contribution is 6.18. The highest BCUT2D eigenvalue weighted by Gasteiger charge is 2.35. The van der Waals surface area contributed by atoms with E-state index in [2.05, 4.69) is 11.4 Å². The number of benzene rings is 1. The van der Waals surface area contributed by atoms with Crippen LogP contribution in [0.15, 0.2) is 18.2 Å². The summed E-state index contributed by atoms with van der Waals surface area (Å²) in [6.45, 7) is 5.72. The van der Waals surface area contributed by atoms with Crippen molar-refractivity contribution in [2.24, 2.45) is 0 Å². The SMILES string of the molecule is CC(C)(C)NC(=O)N1C(=O)Cc2cc(C3CC3)ccc21. The number of nitrogens with one attached hydrogen (secondary N) is 1. The second-order valence-corrected chi connectivity index (χ2v) is 6.75. The second-order valence-electron chi connectivity index (χ2n) is 6.75. The Morgan fingerprint density at radius 2 is 2.00 bits per heavy atom. The highest BCUT2D eigenvalue weighted by atomic mass is 16.2. The summed E-state index contributed by atoms with van der Waals surface area (Å²) in [7, 11) is 0. The first-order valence-electron chi connectivity index (χ1n) is 7.13. The monoisotopic (exact) mass is 272 g/mol. The molecule has 1 aromatic carbocycles. The molecule has 0 spiro atoms. The first-order valence-corrected chi connectivity index (χ1v) is 7.13. The molecule has 3 rings (SSSR count). The molecule has 4 nitrogen and oxygen atoms in total. The summed E-state index contributed by atoms with van der Waals surface area (Å²) in [6, 6.07) is 5.72. The summed E-state index contributed by atoms with van der Waals surface area (Å²) in [5.74, 6) is 0.516. The lowest BCUT2D eigenvalue weighted by Gasteiger charge is -2.25. The zero-order valence-corrected chi connectivity index (χ0v) is 12.2. The molecule has 4 heteroatoms. The molecule has 0 aromatic heterocycles. The Morgan fingerprint density at radius 1 is 1.30 bits per heavy atom. The minimum Gasteiger partial charge on any atom is -0.333 e. The van der Waals surface area contributed by atoms with E-state index in [-0.39, 0.29) is 17.5 Å². The van der Waals surface area contributed by atoms with Gasteiger partial charge in [0, 0.05) is 5.54 Å². The maximum Gasteiger partial charge on any atom is 0.329 e. The number of hydrogen-bond donors (Lipinski definition) is 1. The van der Waals surface area contributed by atoms with Crippen LogP contribution < -0.4 is 10.2 Å². The van der Waals surface area contributed by atoms with E-state index in [1.165, 1.54) is 23.3 Å². The lowest BCUT2D eigenvalue weighted by Crippen LogP contribution is -2.49. The van der Waals surface area contributed by atoms with Gasteiger partial charge in [0.1, 0.15) is 0 Å². The van der Waals surface area contributed by atoms with Crippen LogP contribution >= 0.6 is 0 Å². The molecule has 0 bridgehead atoms. The molecular formula is C16H20N2O2. The van der Waals surface area contributed by atoms with Crippen LogP contribution in [0.25, 0.3) is 0 Å². The molecule has 0 atom stereocenters. The third-order valence-electron chi connectivity index (χ3n) is 3.67. The van der Waals surface area contributed by atoms with Gasteiger partial charge in [0.2, 0.25) is 5.91 Å². The number of fused-ring (bicyclic) bond motifs is 1. The molecule has 0 radical (unpaired) electrons. The van der Waals surface area contributed by atoms with Gasteiger partial charge in [0.25, 0.3) is 0 Å². The zero-order chi connectivity index (χ0) is 14.5. The van der Waals surface area contributed by atoms with Gasteiger partial charge in [-0.25, -0.2) is 9.69 Å². The van der Waals surface area contributed by atoms with Gasteiger partial charge in [-0.2, -0.15) is 0 Å². The lowest BCUT2D eigenvalue weighted by molar-refractivity contribution is -0.116. The molecule has 1 heterocycles. The molecule has 106 valence electrons. The molecule has 1 fully saturated rings. The summed E-state index contributed by atoms with van der Waals surface area (Å²) in [5.41, 5.74) is 2.66. The Morgan fingerprint density at radius 3 is 2.60 bits per heavy atom. The Bertz CT molecular complexity index is 583. The number of carbonyl (C=O) groups excluding carboxylic acids is 2. The molecule has 0 unspecified atom stereocenters. The molecule has 20 heavy (non-hydrogen) atoms. The lowest BCUT2D eigenvalue weighted by atomic mass is 10.1. The van der Waals surface area contributed by atoms with E-state index in [0.717, 1.165) is 11.3 Å². The number of carbonyl (C=O) groups is 2.